The van der Waals surface area contributed by atoms with Gasteiger partial charge in [-0.3, -0.25) is 4.79 Å². The Hall–Kier alpha value is -4.05. The summed E-state index contributed by atoms with van der Waals surface area (Å²) >= 11 is 0. The summed E-state index contributed by atoms with van der Waals surface area (Å²) in [6.45, 7) is 3.45. The van der Waals surface area contributed by atoms with Crippen LogP contribution in [0.25, 0.3) is 11.1 Å². The number of nitrogens with one attached hydrogen (secondary N) is 1. The first-order valence-corrected chi connectivity index (χ1v) is 16.3. The lowest BCUT2D eigenvalue weighted by atomic mass is 9.85. The topological polar surface area (TPSA) is 100 Å². The Balaban J connectivity index is 1.08. The summed E-state index contributed by atoms with van der Waals surface area (Å²) in [5.41, 5.74) is 12.7. The van der Waals surface area contributed by atoms with Crippen LogP contribution in [0, 0.1) is 0 Å². The summed E-state index contributed by atoms with van der Waals surface area (Å²) in [6, 6.07) is 34.9. The van der Waals surface area contributed by atoms with E-state index >= 15 is 0 Å². The van der Waals surface area contributed by atoms with Crippen LogP contribution < -0.4 is 16.0 Å². The van der Waals surface area contributed by atoms with Crippen molar-refractivity contribution in [2.45, 2.75) is 56.5 Å². The van der Waals surface area contributed by atoms with E-state index < -0.39 is 11.8 Å². The summed E-state index contributed by atoms with van der Waals surface area (Å²) in [4.78, 5) is 17.9. The van der Waals surface area contributed by atoms with Crippen LogP contribution in [0.15, 0.2) is 103 Å². The number of aliphatic hydroxyl groups is 1. The van der Waals surface area contributed by atoms with Gasteiger partial charge in [0.25, 0.3) is 0 Å². The molecule has 238 valence electrons. The van der Waals surface area contributed by atoms with Crippen molar-refractivity contribution in [3.63, 3.8) is 0 Å². The maximum atomic E-state index is 13.2. The van der Waals surface area contributed by atoms with Gasteiger partial charge in [-0.1, -0.05) is 84.9 Å². The molecule has 3 aliphatic rings. The fourth-order valence-corrected chi connectivity index (χ4v) is 7.17. The van der Waals surface area contributed by atoms with Crippen LogP contribution in [-0.2, 0) is 27.4 Å². The van der Waals surface area contributed by atoms with Crippen LogP contribution >= 0.6 is 0 Å². The SMILES string of the molecule is NCc1cccc(-c2ccc(C3OC(CN4CCC5(CC4)C(=O)NCN5c4ccccc4)CC(c4ccc(CO)cc4)O3)cc2)c1. The third-order valence-electron chi connectivity index (χ3n) is 9.84. The molecule has 3 aliphatic heterocycles. The number of ether oxygens (including phenoxy) is 2. The predicted octanol–water partition coefficient (Wildman–Crippen LogP) is 5.28. The first kappa shape index (κ1) is 30.6. The number of piperidine rings is 1. The molecule has 3 unspecified atom stereocenters. The van der Waals surface area contributed by atoms with Crippen LogP contribution in [0.5, 0.6) is 0 Å². The second kappa shape index (κ2) is 13.4. The van der Waals surface area contributed by atoms with Gasteiger partial charge in [0.1, 0.15) is 5.54 Å². The lowest BCUT2D eigenvalue weighted by Crippen LogP contribution is -2.57. The predicted molar refractivity (Wildman–Crippen MR) is 179 cm³/mol. The van der Waals surface area contributed by atoms with Gasteiger partial charge in [-0.25, -0.2) is 0 Å². The Labute approximate surface area is 270 Å². The van der Waals surface area contributed by atoms with Crippen LogP contribution in [0.4, 0.5) is 5.69 Å². The summed E-state index contributed by atoms with van der Waals surface area (Å²) in [6.07, 6.45) is 1.52. The van der Waals surface area contributed by atoms with Crippen LogP contribution in [0.3, 0.4) is 0 Å². The van der Waals surface area contributed by atoms with Crippen molar-refractivity contribution in [2.75, 3.05) is 31.2 Å². The van der Waals surface area contributed by atoms with E-state index in [-0.39, 0.29) is 24.7 Å². The van der Waals surface area contributed by atoms with Crippen molar-refractivity contribution in [3.8, 4) is 11.1 Å². The number of likely N-dealkylation sites (tertiary alicyclic amines) is 1. The third kappa shape index (κ3) is 6.19. The van der Waals surface area contributed by atoms with Crippen molar-refractivity contribution in [3.05, 3.63) is 125 Å². The maximum Gasteiger partial charge on any atom is 0.247 e. The van der Waals surface area contributed by atoms with Crippen molar-refractivity contribution in [1.29, 1.82) is 0 Å². The zero-order valence-electron chi connectivity index (χ0n) is 26.1. The number of aliphatic hydroxyl groups excluding tert-OH is 1. The summed E-state index contributed by atoms with van der Waals surface area (Å²) in [7, 11) is 0. The van der Waals surface area contributed by atoms with Crippen molar-refractivity contribution >= 4 is 11.6 Å². The molecule has 4 N–H and O–H groups in total. The highest BCUT2D eigenvalue weighted by Crippen LogP contribution is 2.40. The smallest absolute Gasteiger partial charge is 0.247 e. The van der Waals surface area contributed by atoms with Gasteiger partial charge in [-0.05, 0) is 58.9 Å². The van der Waals surface area contributed by atoms with E-state index in [1.807, 2.05) is 54.6 Å². The number of benzene rings is 4. The number of para-hydroxylation sites is 1. The van der Waals surface area contributed by atoms with Gasteiger partial charge in [0.15, 0.2) is 6.29 Å². The fraction of sp³-hybridized carbons (Fsp3) is 0.342. The van der Waals surface area contributed by atoms with E-state index in [1.165, 1.54) is 0 Å². The molecule has 0 radical (unpaired) electrons. The number of hydrogen-bond donors (Lipinski definition) is 3. The van der Waals surface area contributed by atoms with Crippen LogP contribution in [0.1, 0.15) is 53.9 Å². The Morgan fingerprint density at radius 2 is 1.57 bits per heavy atom. The highest BCUT2D eigenvalue weighted by atomic mass is 16.7. The summed E-state index contributed by atoms with van der Waals surface area (Å²) in [5, 5.41) is 12.7. The number of amides is 1. The molecule has 4 aromatic rings. The Morgan fingerprint density at radius 1 is 0.826 bits per heavy atom. The molecule has 0 aromatic heterocycles. The number of hydrogen-bond acceptors (Lipinski definition) is 7. The zero-order chi connectivity index (χ0) is 31.5. The third-order valence-corrected chi connectivity index (χ3v) is 9.84. The monoisotopic (exact) mass is 618 g/mol. The van der Waals surface area contributed by atoms with Gasteiger partial charge >= 0.3 is 0 Å². The average Bonchev–Trinajstić information content (AvgIpc) is 3.44. The van der Waals surface area contributed by atoms with Crippen LogP contribution in [0.2, 0.25) is 0 Å². The molecule has 1 amide bonds. The molecule has 8 heteroatoms. The molecule has 8 nitrogen and oxygen atoms in total. The number of rotatable bonds is 8. The summed E-state index contributed by atoms with van der Waals surface area (Å²) in [5.74, 6) is 0.128. The van der Waals surface area contributed by atoms with E-state index in [1.54, 1.807) is 0 Å². The lowest BCUT2D eigenvalue weighted by molar-refractivity contribution is -0.253. The van der Waals surface area contributed by atoms with Gasteiger partial charge < -0.3 is 35.4 Å². The molecule has 7 rings (SSSR count). The van der Waals surface area contributed by atoms with Crippen molar-refractivity contribution < 1.29 is 19.4 Å². The number of carbonyl (C=O) groups is 1. The number of anilines is 1. The largest absolute Gasteiger partial charge is 0.392 e. The number of nitrogens with zero attached hydrogens (tertiary/aromatic N) is 2. The van der Waals surface area contributed by atoms with E-state index in [2.05, 4.69) is 63.6 Å². The van der Waals surface area contributed by atoms with E-state index in [0.717, 1.165) is 78.0 Å². The van der Waals surface area contributed by atoms with E-state index in [0.29, 0.717) is 13.2 Å². The number of carbonyl (C=O) groups excluding carboxylic acids is 1. The Kier molecular flexibility index (Phi) is 8.88. The van der Waals surface area contributed by atoms with Gasteiger partial charge in [0.05, 0.1) is 25.5 Å². The summed E-state index contributed by atoms with van der Waals surface area (Å²) < 4.78 is 13.3. The fourth-order valence-electron chi connectivity index (χ4n) is 7.17. The molecule has 0 saturated carbocycles. The van der Waals surface area contributed by atoms with Crippen molar-refractivity contribution in [1.82, 2.24) is 10.2 Å². The molecule has 0 aliphatic carbocycles. The first-order chi connectivity index (χ1) is 22.5. The molecule has 46 heavy (non-hydrogen) atoms. The molecule has 3 heterocycles. The molecule has 3 fully saturated rings. The maximum absolute atomic E-state index is 13.2. The average molecular weight is 619 g/mol. The minimum Gasteiger partial charge on any atom is -0.392 e. The second-order valence-corrected chi connectivity index (χ2v) is 12.6. The molecule has 3 saturated heterocycles. The lowest BCUT2D eigenvalue weighted by Gasteiger charge is -2.45. The van der Waals surface area contributed by atoms with Gasteiger partial charge in [-0.15, -0.1) is 0 Å². The standard InChI is InChI=1S/C38H42N4O4/c39-23-28-5-4-6-32(21-28)29-13-15-31(16-14-29)36-45-34(22-35(46-36)30-11-9-27(25-43)10-12-30)24-41-19-17-38(18-20-41)37(44)40-26-42(38)33-7-2-1-3-8-33/h1-16,21,34-36,43H,17-20,22-26,39H2,(H,40,44). The quantitative estimate of drug-likeness (QED) is 0.247. The normalized spacial score (nSPS) is 23.0. The Morgan fingerprint density at radius 3 is 2.28 bits per heavy atom. The first-order valence-electron chi connectivity index (χ1n) is 16.3. The molecular weight excluding hydrogens is 576 g/mol. The molecule has 4 aromatic carbocycles. The number of nitrogens with two attached hydrogens (primary N) is 1. The van der Waals surface area contributed by atoms with Gasteiger partial charge in [0.2, 0.25) is 5.91 Å². The zero-order valence-corrected chi connectivity index (χ0v) is 26.1. The Bertz CT molecular complexity index is 1620. The minimum atomic E-state index is -0.518. The molecular formula is C38H42N4O4. The molecule has 1 spiro atoms. The highest BCUT2D eigenvalue weighted by molar-refractivity contribution is 5.93. The van der Waals surface area contributed by atoms with E-state index in [9.17, 15) is 9.90 Å². The molecule has 0 bridgehead atoms. The second-order valence-electron chi connectivity index (χ2n) is 12.6. The van der Waals surface area contributed by atoms with E-state index in [4.69, 9.17) is 15.2 Å². The van der Waals surface area contributed by atoms with Crippen LogP contribution in [-0.4, -0.2) is 53.9 Å². The highest BCUT2D eigenvalue weighted by Gasteiger charge is 2.50. The van der Waals surface area contributed by atoms with Crippen molar-refractivity contribution in [2.24, 2.45) is 5.73 Å². The van der Waals surface area contributed by atoms with Gasteiger partial charge in [-0.2, -0.15) is 0 Å². The van der Waals surface area contributed by atoms with Gasteiger partial charge in [0, 0.05) is 43.9 Å². The minimum absolute atomic E-state index is 0.0108. The molecule has 3 atom stereocenters.